The molecular weight excluding hydrogens is 332 g/mol. The van der Waals surface area contributed by atoms with Crippen molar-refractivity contribution in [2.75, 3.05) is 23.3 Å². The summed E-state index contributed by atoms with van der Waals surface area (Å²) in [6, 6.07) is 5.86. The number of thiazole rings is 2. The first kappa shape index (κ1) is 14.4. The third-order valence-electron chi connectivity index (χ3n) is 3.58. The van der Waals surface area contributed by atoms with Crippen LogP contribution in [0.3, 0.4) is 0 Å². The molecule has 1 amide bonds. The predicted octanol–water partition coefficient (Wildman–Crippen LogP) is 3.50. The van der Waals surface area contributed by atoms with E-state index in [9.17, 15) is 4.79 Å². The summed E-state index contributed by atoms with van der Waals surface area (Å²) in [5.74, 6) is 0. The van der Waals surface area contributed by atoms with Crippen LogP contribution in [0.25, 0.3) is 10.2 Å². The van der Waals surface area contributed by atoms with Gasteiger partial charge in [0.1, 0.15) is 6.10 Å². The van der Waals surface area contributed by atoms with Gasteiger partial charge in [-0.2, -0.15) is 0 Å². The molecule has 1 saturated heterocycles. The van der Waals surface area contributed by atoms with E-state index in [2.05, 4.69) is 15.3 Å². The molecule has 23 heavy (non-hydrogen) atoms. The third kappa shape index (κ3) is 2.87. The van der Waals surface area contributed by atoms with Gasteiger partial charge < -0.3 is 10.1 Å². The SMILES string of the molecule is Cc1nc2ccc(N3C[C@H](CNc4nccs4)OC3=O)cc2s1. The van der Waals surface area contributed by atoms with Crippen molar-refractivity contribution in [2.45, 2.75) is 13.0 Å². The van der Waals surface area contributed by atoms with Gasteiger partial charge in [0.05, 0.1) is 28.3 Å². The van der Waals surface area contributed by atoms with E-state index >= 15 is 0 Å². The Morgan fingerprint density at radius 2 is 2.39 bits per heavy atom. The summed E-state index contributed by atoms with van der Waals surface area (Å²) >= 11 is 3.15. The number of nitrogens with one attached hydrogen (secondary N) is 1. The summed E-state index contributed by atoms with van der Waals surface area (Å²) in [7, 11) is 0. The largest absolute Gasteiger partial charge is 0.442 e. The molecule has 1 aliphatic rings. The normalized spacial score (nSPS) is 17.7. The van der Waals surface area contributed by atoms with Crippen molar-refractivity contribution >= 4 is 49.8 Å². The van der Waals surface area contributed by atoms with E-state index < -0.39 is 0 Å². The van der Waals surface area contributed by atoms with Gasteiger partial charge in [-0.05, 0) is 25.1 Å². The Morgan fingerprint density at radius 3 is 3.22 bits per heavy atom. The maximum absolute atomic E-state index is 12.1. The second-order valence-corrected chi connectivity index (χ2v) is 7.35. The number of rotatable bonds is 4. The number of nitrogens with zero attached hydrogens (tertiary/aromatic N) is 3. The zero-order valence-corrected chi connectivity index (χ0v) is 14.0. The highest BCUT2D eigenvalue weighted by Crippen LogP contribution is 2.29. The van der Waals surface area contributed by atoms with Crippen LogP contribution in [0.15, 0.2) is 29.8 Å². The van der Waals surface area contributed by atoms with Gasteiger partial charge in [0.15, 0.2) is 5.13 Å². The minimum Gasteiger partial charge on any atom is -0.442 e. The molecule has 2 aromatic heterocycles. The van der Waals surface area contributed by atoms with Crippen LogP contribution >= 0.6 is 22.7 Å². The van der Waals surface area contributed by atoms with Gasteiger partial charge in [0.2, 0.25) is 0 Å². The molecule has 1 aliphatic heterocycles. The second-order valence-electron chi connectivity index (χ2n) is 5.22. The van der Waals surface area contributed by atoms with Gasteiger partial charge in [0.25, 0.3) is 0 Å². The van der Waals surface area contributed by atoms with Gasteiger partial charge in [-0.15, -0.1) is 22.7 Å². The third-order valence-corrected chi connectivity index (χ3v) is 5.24. The quantitative estimate of drug-likeness (QED) is 0.783. The first-order chi connectivity index (χ1) is 11.2. The molecule has 4 rings (SSSR count). The van der Waals surface area contributed by atoms with E-state index in [1.807, 2.05) is 30.5 Å². The minimum atomic E-state index is -0.309. The average Bonchev–Trinajstić information content (AvgIpc) is 3.23. The lowest BCUT2D eigenvalue weighted by atomic mass is 10.2. The predicted molar refractivity (Wildman–Crippen MR) is 92.6 cm³/mol. The molecule has 3 heterocycles. The Bertz CT molecular complexity index is 846. The molecule has 0 bridgehead atoms. The van der Waals surface area contributed by atoms with E-state index in [0.717, 1.165) is 26.0 Å². The van der Waals surface area contributed by atoms with Crippen molar-refractivity contribution in [3.63, 3.8) is 0 Å². The highest BCUT2D eigenvalue weighted by Gasteiger charge is 2.32. The Labute approximate surface area is 140 Å². The van der Waals surface area contributed by atoms with Crippen LogP contribution in [-0.4, -0.2) is 35.3 Å². The van der Waals surface area contributed by atoms with Gasteiger partial charge in [0, 0.05) is 17.3 Å². The number of hydrogen-bond acceptors (Lipinski definition) is 7. The number of aromatic nitrogens is 2. The van der Waals surface area contributed by atoms with E-state index in [4.69, 9.17) is 4.74 Å². The summed E-state index contributed by atoms with van der Waals surface area (Å²) in [6.07, 6.45) is 1.24. The second kappa shape index (κ2) is 5.78. The summed E-state index contributed by atoms with van der Waals surface area (Å²) < 4.78 is 6.51. The van der Waals surface area contributed by atoms with Crippen molar-refractivity contribution in [1.82, 2.24) is 9.97 Å². The molecule has 0 saturated carbocycles. The molecule has 3 aromatic rings. The average molecular weight is 346 g/mol. The number of cyclic esters (lactones) is 1. The fourth-order valence-electron chi connectivity index (χ4n) is 2.55. The molecule has 0 spiro atoms. The van der Waals surface area contributed by atoms with Crippen LogP contribution in [0.2, 0.25) is 0 Å². The van der Waals surface area contributed by atoms with Gasteiger partial charge in [-0.3, -0.25) is 4.90 Å². The Balaban J connectivity index is 1.48. The van der Waals surface area contributed by atoms with Crippen molar-refractivity contribution in [2.24, 2.45) is 0 Å². The number of anilines is 2. The molecule has 1 atom stereocenters. The van der Waals surface area contributed by atoms with Gasteiger partial charge in [-0.1, -0.05) is 0 Å². The summed E-state index contributed by atoms with van der Waals surface area (Å²) in [6.45, 7) is 3.06. The zero-order chi connectivity index (χ0) is 15.8. The van der Waals surface area contributed by atoms with Crippen LogP contribution in [0.5, 0.6) is 0 Å². The maximum atomic E-state index is 12.1. The standard InChI is InChI=1S/C15H14N4O2S2/c1-9-18-12-3-2-10(6-13(12)23-9)19-8-11(21-15(19)20)7-17-14-16-4-5-22-14/h2-6,11H,7-8H2,1H3,(H,16,17)/t11-/m0/s1. The number of ether oxygens (including phenoxy) is 1. The minimum absolute atomic E-state index is 0.190. The molecule has 118 valence electrons. The first-order valence-electron chi connectivity index (χ1n) is 7.18. The van der Waals surface area contributed by atoms with E-state index in [0.29, 0.717) is 13.1 Å². The lowest BCUT2D eigenvalue weighted by Crippen LogP contribution is -2.27. The highest BCUT2D eigenvalue weighted by atomic mass is 32.1. The first-order valence-corrected chi connectivity index (χ1v) is 8.87. The monoisotopic (exact) mass is 346 g/mol. The maximum Gasteiger partial charge on any atom is 0.414 e. The molecule has 0 aliphatic carbocycles. The van der Waals surface area contributed by atoms with Gasteiger partial charge in [-0.25, -0.2) is 14.8 Å². The molecular formula is C15H14N4O2S2. The topological polar surface area (TPSA) is 67.3 Å². The summed E-state index contributed by atoms with van der Waals surface area (Å²) in [5, 5.41) is 6.95. The molecule has 1 fully saturated rings. The fourth-order valence-corrected chi connectivity index (χ4v) is 3.95. The number of benzene rings is 1. The number of carbonyl (C=O) groups excluding carboxylic acids is 1. The number of hydrogen-bond donors (Lipinski definition) is 1. The Kier molecular flexibility index (Phi) is 3.62. The molecule has 6 nitrogen and oxygen atoms in total. The smallest absolute Gasteiger partial charge is 0.414 e. The molecule has 0 radical (unpaired) electrons. The lowest BCUT2D eigenvalue weighted by Gasteiger charge is -2.13. The number of aryl methyl sites for hydroxylation is 1. The highest BCUT2D eigenvalue weighted by molar-refractivity contribution is 7.18. The van der Waals surface area contributed by atoms with Crippen LogP contribution in [0.1, 0.15) is 5.01 Å². The number of amides is 1. The lowest BCUT2D eigenvalue weighted by molar-refractivity contribution is 0.147. The van der Waals surface area contributed by atoms with Crippen molar-refractivity contribution in [3.05, 3.63) is 34.8 Å². The van der Waals surface area contributed by atoms with Crippen LogP contribution in [0, 0.1) is 6.92 Å². The van der Waals surface area contributed by atoms with Gasteiger partial charge >= 0.3 is 6.09 Å². The molecule has 1 N–H and O–H groups in total. The number of fused-ring (bicyclic) bond motifs is 1. The Morgan fingerprint density at radius 1 is 1.48 bits per heavy atom. The number of carbonyl (C=O) groups is 1. The van der Waals surface area contributed by atoms with Crippen LogP contribution in [0.4, 0.5) is 15.6 Å². The van der Waals surface area contributed by atoms with E-state index in [1.165, 1.54) is 11.3 Å². The van der Waals surface area contributed by atoms with Crippen molar-refractivity contribution in [1.29, 1.82) is 0 Å². The molecule has 0 unspecified atom stereocenters. The zero-order valence-electron chi connectivity index (χ0n) is 12.4. The van der Waals surface area contributed by atoms with Crippen LogP contribution < -0.4 is 10.2 Å². The fraction of sp³-hybridized carbons (Fsp3) is 0.267. The summed E-state index contributed by atoms with van der Waals surface area (Å²) in [4.78, 5) is 22.4. The van der Waals surface area contributed by atoms with Crippen molar-refractivity contribution < 1.29 is 9.53 Å². The van der Waals surface area contributed by atoms with Crippen molar-refractivity contribution in [3.8, 4) is 0 Å². The summed E-state index contributed by atoms with van der Waals surface area (Å²) in [5.41, 5.74) is 1.81. The van der Waals surface area contributed by atoms with Crippen LogP contribution in [-0.2, 0) is 4.74 Å². The van der Waals surface area contributed by atoms with E-state index in [-0.39, 0.29) is 12.2 Å². The molecule has 1 aromatic carbocycles. The molecule has 8 heteroatoms. The van der Waals surface area contributed by atoms with E-state index in [1.54, 1.807) is 22.4 Å². The Hall–Kier alpha value is -2.19.